The molecule has 0 saturated heterocycles. The summed E-state index contributed by atoms with van der Waals surface area (Å²) in [5.74, 6) is 0.192. The van der Waals surface area contributed by atoms with Crippen LogP contribution in [0.5, 0.6) is 5.75 Å². The summed E-state index contributed by atoms with van der Waals surface area (Å²) < 4.78 is 25.5. The largest absolute Gasteiger partial charge is 0.496 e. The van der Waals surface area contributed by atoms with Crippen molar-refractivity contribution in [2.24, 2.45) is 14.1 Å². The summed E-state index contributed by atoms with van der Waals surface area (Å²) in [6.45, 7) is 0. The zero-order chi connectivity index (χ0) is 25.1. The van der Waals surface area contributed by atoms with Crippen molar-refractivity contribution in [2.45, 2.75) is 6.04 Å². The molecular formula is C28H23FN4O3. The quantitative estimate of drug-likeness (QED) is 0.415. The van der Waals surface area contributed by atoms with E-state index in [1.807, 2.05) is 53.1 Å². The predicted molar refractivity (Wildman–Crippen MR) is 138 cm³/mol. The number of methoxy groups -OCH3 is 1. The number of anilines is 1. The van der Waals surface area contributed by atoms with E-state index in [-0.39, 0.29) is 10.9 Å². The van der Waals surface area contributed by atoms with Crippen molar-refractivity contribution in [3.05, 3.63) is 111 Å². The van der Waals surface area contributed by atoms with Gasteiger partial charge in [0, 0.05) is 25.2 Å². The first-order valence-electron chi connectivity index (χ1n) is 11.5. The monoisotopic (exact) mass is 482 g/mol. The van der Waals surface area contributed by atoms with Crippen molar-refractivity contribution in [3.63, 3.8) is 0 Å². The zero-order valence-corrected chi connectivity index (χ0v) is 19.9. The fourth-order valence-corrected chi connectivity index (χ4v) is 5.26. The highest BCUT2D eigenvalue weighted by molar-refractivity contribution is 5.99. The molecule has 0 bridgehead atoms. The lowest BCUT2D eigenvalue weighted by atomic mass is 9.98. The molecule has 0 amide bonds. The molecule has 2 aromatic heterocycles. The van der Waals surface area contributed by atoms with E-state index in [4.69, 9.17) is 4.74 Å². The van der Waals surface area contributed by atoms with E-state index < -0.39 is 23.1 Å². The van der Waals surface area contributed by atoms with Crippen LogP contribution in [0.15, 0.2) is 82.4 Å². The number of rotatable bonds is 3. The molecule has 6 rings (SSSR count). The Morgan fingerprint density at radius 2 is 1.58 bits per heavy atom. The SMILES string of the molecule is COc1ccccc1[C@H]1Nc2ccccc2-n2c(-c3ccccc3F)c3c(=O)n(C)c(=O)n(C)c3c21. The molecule has 0 radical (unpaired) electrons. The third-order valence-electron chi connectivity index (χ3n) is 6.91. The maximum Gasteiger partial charge on any atom is 0.331 e. The molecule has 1 atom stereocenters. The normalized spacial score (nSPS) is 14.3. The molecule has 0 aliphatic carbocycles. The third kappa shape index (κ3) is 2.90. The second-order valence-corrected chi connectivity index (χ2v) is 8.81. The van der Waals surface area contributed by atoms with E-state index in [2.05, 4.69) is 5.32 Å². The molecule has 0 unspecified atom stereocenters. The summed E-state index contributed by atoms with van der Waals surface area (Å²) in [6.07, 6.45) is 0. The smallest absolute Gasteiger partial charge is 0.331 e. The number of hydrogen-bond acceptors (Lipinski definition) is 4. The second-order valence-electron chi connectivity index (χ2n) is 8.81. The van der Waals surface area contributed by atoms with Gasteiger partial charge < -0.3 is 14.6 Å². The molecule has 3 aromatic carbocycles. The van der Waals surface area contributed by atoms with Gasteiger partial charge in [-0.2, -0.15) is 0 Å². The summed E-state index contributed by atoms with van der Waals surface area (Å²) in [7, 11) is 4.68. The molecule has 36 heavy (non-hydrogen) atoms. The van der Waals surface area contributed by atoms with Crippen LogP contribution >= 0.6 is 0 Å². The van der Waals surface area contributed by atoms with Gasteiger partial charge in [0.2, 0.25) is 0 Å². The molecule has 0 spiro atoms. The van der Waals surface area contributed by atoms with Crippen molar-refractivity contribution in [1.82, 2.24) is 13.7 Å². The number of aryl methyl sites for hydroxylation is 1. The number of hydrogen-bond donors (Lipinski definition) is 1. The molecule has 5 aromatic rings. The highest BCUT2D eigenvalue weighted by atomic mass is 19.1. The van der Waals surface area contributed by atoms with Crippen LogP contribution in [-0.2, 0) is 14.1 Å². The Balaban J connectivity index is 1.89. The fraction of sp³-hybridized carbons (Fsp3) is 0.143. The van der Waals surface area contributed by atoms with E-state index in [0.717, 1.165) is 21.5 Å². The van der Waals surface area contributed by atoms with Crippen molar-refractivity contribution in [1.29, 1.82) is 0 Å². The Morgan fingerprint density at radius 3 is 2.36 bits per heavy atom. The molecule has 0 saturated carbocycles. The van der Waals surface area contributed by atoms with Crippen LogP contribution in [0.1, 0.15) is 17.3 Å². The number of nitrogens with zero attached hydrogens (tertiary/aromatic N) is 3. The van der Waals surface area contributed by atoms with E-state index in [1.165, 1.54) is 17.7 Å². The van der Waals surface area contributed by atoms with Gasteiger partial charge in [0.25, 0.3) is 5.56 Å². The minimum Gasteiger partial charge on any atom is -0.496 e. The van der Waals surface area contributed by atoms with Crippen molar-refractivity contribution < 1.29 is 9.13 Å². The number of benzene rings is 3. The van der Waals surface area contributed by atoms with Crippen LogP contribution in [0.4, 0.5) is 10.1 Å². The van der Waals surface area contributed by atoms with Crippen LogP contribution in [0.25, 0.3) is 27.8 Å². The molecule has 1 aliphatic heterocycles. The highest BCUT2D eigenvalue weighted by Gasteiger charge is 2.36. The Morgan fingerprint density at radius 1 is 0.889 bits per heavy atom. The van der Waals surface area contributed by atoms with Gasteiger partial charge in [-0.1, -0.05) is 42.5 Å². The average Bonchev–Trinajstić information content (AvgIpc) is 3.27. The zero-order valence-electron chi connectivity index (χ0n) is 19.9. The van der Waals surface area contributed by atoms with Crippen molar-refractivity contribution in [2.75, 3.05) is 12.4 Å². The first-order valence-corrected chi connectivity index (χ1v) is 11.5. The lowest BCUT2D eigenvalue weighted by molar-refractivity contribution is 0.408. The van der Waals surface area contributed by atoms with Gasteiger partial charge in [0.15, 0.2) is 0 Å². The van der Waals surface area contributed by atoms with Gasteiger partial charge in [0.1, 0.15) is 11.6 Å². The molecular weight excluding hydrogens is 459 g/mol. The lowest BCUT2D eigenvalue weighted by Gasteiger charge is -2.31. The minimum absolute atomic E-state index is 0.276. The summed E-state index contributed by atoms with van der Waals surface area (Å²) in [5.41, 5.74) is 3.22. The Kier molecular flexibility index (Phi) is 4.86. The van der Waals surface area contributed by atoms with E-state index in [0.29, 0.717) is 22.7 Å². The standard InChI is InChI=1S/C28H23FN4O3/c1-31-25-22(27(34)32(2)28(31)35)24(16-10-4-6-12-18(16)29)33-20-14-8-7-13-19(20)30-23(26(25)33)17-11-5-9-15-21(17)36-3/h4-15,23,30H,1-3H3/t23-/m1/s1. The minimum atomic E-state index is -0.489. The molecule has 8 heteroatoms. The average molecular weight is 483 g/mol. The first-order chi connectivity index (χ1) is 17.4. The highest BCUT2D eigenvalue weighted by Crippen LogP contribution is 2.47. The number of fused-ring (bicyclic) bond motifs is 5. The number of halogens is 1. The topological polar surface area (TPSA) is 70.2 Å². The number of para-hydroxylation sites is 3. The second kappa shape index (κ2) is 7.98. The maximum absolute atomic E-state index is 15.4. The lowest BCUT2D eigenvalue weighted by Crippen LogP contribution is -2.37. The van der Waals surface area contributed by atoms with Crippen molar-refractivity contribution >= 4 is 16.6 Å². The summed E-state index contributed by atoms with van der Waals surface area (Å²) in [5, 5.41) is 3.85. The van der Waals surface area contributed by atoms with Crippen LogP contribution in [0.3, 0.4) is 0 Å². The third-order valence-corrected chi connectivity index (χ3v) is 6.91. The molecule has 3 heterocycles. The number of ether oxygens (including phenoxy) is 1. The Labute approximate surface area is 205 Å². The maximum atomic E-state index is 15.4. The molecule has 0 fully saturated rings. The van der Waals surface area contributed by atoms with Gasteiger partial charge in [-0.15, -0.1) is 0 Å². The Bertz CT molecular complexity index is 1800. The van der Waals surface area contributed by atoms with Crippen LogP contribution in [-0.4, -0.2) is 20.8 Å². The van der Waals surface area contributed by atoms with Crippen molar-refractivity contribution in [3.8, 4) is 22.7 Å². The van der Waals surface area contributed by atoms with E-state index in [9.17, 15) is 9.59 Å². The van der Waals surface area contributed by atoms with Crippen LogP contribution in [0, 0.1) is 5.82 Å². The summed E-state index contributed by atoms with van der Waals surface area (Å²) >= 11 is 0. The van der Waals surface area contributed by atoms with Gasteiger partial charge >= 0.3 is 5.69 Å². The molecule has 1 aliphatic rings. The summed E-state index contributed by atoms with van der Waals surface area (Å²) in [4.78, 5) is 26.8. The van der Waals surface area contributed by atoms with Crippen LogP contribution < -0.4 is 21.3 Å². The molecule has 7 nitrogen and oxygen atoms in total. The van der Waals surface area contributed by atoms with Crippen LogP contribution in [0.2, 0.25) is 0 Å². The van der Waals surface area contributed by atoms with E-state index >= 15 is 4.39 Å². The Hall–Kier alpha value is -4.59. The first kappa shape index (κ1) is 21.9. The molecule has 1 N–H and O–H groups in total. The predicted octanol–water partition coefficient (Wildman–Crippen LogP) is 4.36. The summed E-state index contributed by atoms with van der Waals surface area (Å²) in [6, 6.07) is 21.1. The van der Waals surface area contributed by atoms with Gasteiger partial charge in [-0.25, -0.2) is 9.18 Å². The number of aromatic nitrogens is 3. The fourth-order valence-electron chi connectivity index (χ4n) is 5.26. The van der Waals surface area contributed by atoms with Gasteiger partial charge in [-0.05, 0) is 30.3 Å². The van der Waals surface area contributed by atoms with E-state index in [1.54, 1.807) is 32.4 Å². The van der Waals surface area contributed by atoms with Gasteiger partial charge in [-0.3, -0.25) is 13.9 Å². The molecule has 180 valence electrons. The number of nitrogens with one attached hydrogen (secondary N) is 1. The van der Waals surface area contributed by atoms with Gasteiger partial charge in [0.05, 0.1) is 46.8 Å².